The molecule has 5 nitrogen and oxygen atoms in total. The van der Waals surface area contributed by atoms with Gasteiger partial charge in [0.2, 0.25) is 5.91 Å². The Labute approximate surface area is 143 Å². The summed E-state index contributed by atoms with van der Waals surface area (Å²) >= 11 is 0. The number of amides is 1. The lowest BCUT2D eigenvalue weighted by molar-refractivity contribution is -0.137. The van der Waals surface area contributed by atoms with Crippen LogP contribution in [0.15, 0.2) is 18.2 Å². The Bertz CT molecular complexity index is 560. The molecule has 132 valence electrons. The molecule has 2 aliphatic heterocycles. The van der Waals surface area contributed by atoms with Gasteiger partial charge in [-0.15, -0.1) is 0 Å². The summed E-state index contributed by atoms with van der Waals surface area (Å²) in [7, 11) is 0. The molecule has 2 aliphatic rings. The predicted octanol–water partition coefficient (Wildman–Crippen LogP) is 2.68. The molecule has 0 aliphatic carbocycles. The van der Waals surface area contributed by atoms with Gasteiger partial charge in [-0.25, -0.2) is 0 Å². The maximum atomic E-state index is 12.4. The lowest BCUT2D eigenvalue weighted by Gasteiger charge is -2.33. The van der Waals surface area contributed by atoms with Crippen molar-refractivity contribution in [2.45, 2.75) is 39.4 Å². The number of rotatable bonds is 5. The quantitative estimate of drug-likeness (QED) is 0.831. The summed E-state index contributed by atoms with van der Waals surface area (Å²) in [6.07, 6.45) is 2.27. The van der Waals surface area contributed by atoms with Crippen LogP contribution in [0.25, 0.3) is 0 Å². The third-order valence-electron chi connectivity index (χ3n) is 5.05. The Morgan fingerprint density at radius 3 is 2.62 bits per heavy atom. The summed E-state index contributed by atoms with van der Waals surface area (Å²) in [6, 6.07) is 6.01. The maximum absolute atomic E-state index is 12.4. The fraction of sp³-hybridized carbons (Fsp3) is 0.632. The van der Waals surface area contributed by atoms with Crippen molar-refractivity contribution in [2.75, 3.05) is 32.9 Å². The summed E-state index contributed by atoms with van der Waals surface area (Å²) in [4.78, 5) is 14.3. The summed E-state index contributed by atoms with van der Waals surface area (Å²) < 4.78 is 16.9. The van der Waals surface area contributed by atoms with Crippen LogP contribution in [0.3, 0.4) is 0 Å². The average molecular weight is 333 g/mol. The lowest BCUT2D eigenvalue weighted by atomic mass is 9.96. The van der Waals surface area contributed by atoms with E-state index < -0.39 is 0 Å². The first-order chi connectivity index (χ1) is 11.6. The SMILES string of the molecule is Cc1cccc(OCCC(=O)N2CCC(C3OCCO3)CC2)c1C. The van der Waals surface area contributed by atoms with Crippen LogP contribution in [0, 0.1) is 19.8 Å². The topological polar surface area (TPSA) is 48.0 Å². The Kier molecular flexibility index (Phi) is 5.74. The fourth-order valence-electron chi connectivity index (χ4n) is 3.36. The highest BCUT2D eigenvalue weighted by atomic mass is 16.7. The molecule has 24 heavy (non-hydrogen) atoms. The van der Waals surface area contributed by atoms with Gasteiger partial charge in [-0.05, 0) is 43.9 Å². The van der Waals surface area contributed by atoms with Crippen LogP contribution in [-0.4, -0.2) is 50.0 Å². The molecule has 2 saturated heterocycles. The average Bonchev–Trinajstić information content (AvgIpc) is 3.13. The molecule has 0 atom stereocenters. The molecule has 0 unspecified atom stereocenters. The van der Waals surface area contributed by atoms with Crippen molar-refractivity contribution in [2.24, 2.45) is 5.92 Å². The first-order valence-electron chi connectivity index (χ1n) is 8.85. The molecule has 2 fully saturated rings. The van der Waals surface area contributed by atoms with Crippen molar-refractivity contribution < 1.29 is 19.0 Å². The highest BCUT2D eigenvalue weighted by Crippen LogP contribution is 2.26. The van der Waals surface area contributed by atoms with Gasteiger partial charge in [0.1, 0.15) is 5.75 Å². The zero-order valence-corrected chi connectivity index (χ0v) is 14.6. The fourth-order valence-corrected chi connectivity index (χ4v) is 3.36. The van der Waals surface area contributed by atoms with E-state index >= 15 is 0 Å². The summed E-state index contributed by atoms with van der Waals surface area (Å²) in [5, 5.41) is 0. The second-order valence-corrected chi connectivity index (χ2v) is 6.62. The number of piperidine rings is 1. The smallest absolute Gasteiger partial charge is 0.225 e. The maximum Gasteiger partial charge on any atom is 0.225 e. The van der Waals surface area contributed by atoms with E-state index in [0.29, 0.717) is 32.2 Å². The number of likely N-dealkylation sites (tertiary alicyclic amines) is 1. The van der Waals surface area contributed by atoms with E-state index in [4.69, 9.17) is 14.2 Å². The molecular weight excluding hydrogens is 306 g/mol. The minimum atomic E-state index is -0.0603. The number of ether oxygens (including phenoxy) is 3. The van der Waals surface area contributed by atoms with E-state index in [-0.39, 0.29) is 12.2 Å². The van der Waals surface area contributed by atoms with Crippen molar-refractivity contribution >= 4 is 5.91 Å². The van der Waals surface area contributed by atoms with Crippen molar-refractivity contribution in [1.82, 2.24) is 4.90 Å². The minimum Gasteiger partial charge on any atom is -0.493 e. The van der Waals surface area contributed by atoms with Crippen LogP contribution in [-0.2, 0) is 14.3 Å². The van der Waals surface area contributed by atoms with E-state index in [1.807, 2.05) is 24.0 Å². The Morgan fingerprint density at radius 2 is 1.92 bits per heavy atom. The highest BCUT2D eigenvalue weighted by molar-refractivity contribution is 5.76. The van der Waals surface area contributed by atoms with E-state index in [1.165, 1.54) is 5.56 Å². The standard InChI is InChI=1S/C19H27NO4/c1-14-4-3-5-17(15(14)2)22-11-8-18(21)20-9-6-16(7-10-20)19-23-12-13-24-19/h3-5,16,19H,6-13H2,1-2H3. The lowest BCUT2D eigenvalue weighted by Crippen LogP contribution is -2.41. The molecule has 0 spiro atoms. The number of benzene rings is 1. The van der Waals surface area contributed by atoms with E-state index in [9.17, 15) is 4.79 Å². The predicted molar refractivity (Wildman–Crippen MR) is 91.0 cm³/mol. The summed E-state index contributed by atoms with van der Waals surface area (Å²) in [5.74, 6) is 1.46. The number of aryl methyl sites for hydroxylation is 1. The molecule has 5 heteroatoms. The Hall–Kier alpha value is -1.59. The molecule has 1 aromatic rings. The Morgan fingerprint density at radius 1 is 1.21 bits per heavy atom. The van der Waals surface area contributed by atoms with Crippen LogP contribution < -0.4 is 4.74 Å². The first-order valence-corrected chi connectivity index (χ1v) is 8.85. The molecule has 0 aromatic heterocycles. The normalized spacial score (nSPS) is 19.7. The van der Waals surface area contributed by atoms with E-state index in [1.54, 1.807) is 0 Å². The molecule has 2 heterocycles. The largest absolute Gasteiger partial charge is 0.493 e. The third-order valence-corrected chi connectivity index (χ3v) is 5.05. The van der Waals surface area contributed by atoms with Gasteiger partial charge in [0.25, 0.3) is 0 Å². The molecular formula is C19H27NO4. The molecule has 3 rings (SSSR count). The van der Waals surface area contributed by atoms with Crippen LogP contribution in [0.4, 0.5) is 0 Å². The van der Waals surface area contributed by atoms with Crippen LogP contribution in [0.2, 0.25) is 0 Å². The van der Waals surface area contributed by atoms with Crippen molar-refractivity contribution in [3.8, 4) is 5.75 Å². The van der Waals surface area contributed by atoms with Crippen molar-refractivity contribution in [3.63, 3.8) is 0 Å². The molecule has 1 amide bonds. The molecule has 0 bridgehead atoms. The van der Waals surface area contributed by atoms with Crippen molar-refractivity contribution in [3.05, 3.63) is 29.3 Å². The second-order valence-electron chi connectivity index (χ2n) is 6.62. The minimum absolute atomic E-state index is 0.0603. The van der Waals surface area contributed by atoms with Crippen LogP contribution in [0.5, 0.6) is 5.75 Å². The van der Waals surface area contributed by atoms with E-state index in [0.717, 1.165) is 37.2 Å². The van der Waals surface area contributed by atoms with Gasteiger partial charge < -0.3 is 19.1 Å². The second kappa shape index (κ2) is 7.99. The van der Waals surface area contributed by atoms with Gasteiger partial charge in [-0.3, -0.25) is 4.79 Å². The van der Waals surface area contributed by atoms with Gasteiger partial charge in [0, 0.05) is 19.0 Å². The molecule has 1 aromatic carbocycles. The number of nitrogens with zero attached hydrogens (tertiary/aromatic N) is 1. The van der Waals surface area contributed by atoms with Gasteiger partial charge in [-0.2, -0.15) is 0 Å². The summed E-state index contributed by atoms with van der Waals surface area (Å²) in [5.41, 5.74) is 2.35. The van der Waals surface area contributed by atoms with Crippen molar-refractivity contribution in [1.29, 1.82) is 0 Å². The molecule has 0 N–H and O–H groups in total. The monoisotopic (exact) mass is 333 g/mol. The molecule has 0 radical (unpaired) electrons. The Balaban J connectivity index is 1.40. The van der Waals surface area contributed by atoms with Gasteiger partial charge >= 0.3 is 0 Å². The third kappa shape index (κ3) is 4.08. The van der Waals surface area contributed by atoms with Gasteiger partial charge in [-0.1, -0.05) is 12.1 Å². The highest BCUT2D eigenvalue weighted by Gasteiger charge is 2.31. The number of hydrogen-bond donors (Lipinski definition) is 0. The summed E-state index contributed by atoms with van der Waals surface area (Å²) in [6.45, 7) is 7.50. The zero-order chi connectivity index (χ0) is 16.9. The number of carbonyl (C=O) groups excluding carboxylic acids is 1. The first kappa shape index (κ1) is 17.2. The van der Waals surface area contributed by atoms with Gasteiger partial charge in [0.05, 0.1) is 26.2 Å². The van der Waals surface area contributed by atoms with Crippen LogP contribution in [0.1, 0.15) is 30.4 Å². The molecule has 0 saturated carbocycles. The van der Waals surface area contributed by atoms with Crippen LogP contribution >= 0.6 is 0 Å². The van der Waals surface area contributed by atoms with Gasteiger partial charge in [0.15, 0.2) is 6.29 Å². The number of carbonyl (C=O) groups is 1. The van der Waals surface area contributed by atoms with E-state index in [2.05, 4.69) is 13.0 Å². The number of hydrogen-bond acceptors (Lipinski definition) is 4. The zero-order valence-electron chi connectivity index (χ0n) is 14.6.